The number of nitrogens with zero attached hydrogens (tertiary/aromatic N) is 2. The van der Waals surface area contributed by atoms with Crippen LogP contribution in [-0.2, 0) is 4.79 Å². The van der Waals surface area contributed by atoms with Crippen LogP contribution < -0.4 is 5.32 Å². The largest absolute Gasteiger partial charge is 0.302 e. The Bertz CT molecular complexity index is 824. The van der Waals surface area contributed by atoms with Gasteiger partial charge in [-0.05, 0) is 24.6 Å². The smallest absolute Gasteiger partial charge is 0.223 e. The maximum absolute atomic E-state index is 14.0. The molecule has 2 heterocycles. The van der Waals surface area contributed by atoms with Crippen molar-refractivity contribution in [2.24, 2.45) is 0 Å². The molecule has 106 valence electrons. The van der Waals surface area contributed by atoms with Crippen molar-refractivity contribution in [3.8, 4) is 11.3 Å². The van der Waals surface area contributed by atoms with Crippen LogP contribution in [0.4, 0.5) is 9.52 Å². The normalized spacial score (nSPS) is 10.8. The fourth-order valence-electron chi connectivity index (χ4n) is 2.13. The van der Waals surface area contributed by atoms with E-state index in [1.54, 1.807) is 18.3 Å². The minimum Gasteiger partial charge on any atom is -0.302 e. The van der Waals surface area contributed by atoms with Crippen molar-refractivity contribution in [3.05, 3.63) is 41.8 Å². The molecule has 0 radical (unpaired) electrons. The highest BCUT2D eigenvalue weighted by Crippen LogP contribution is 2.31. The summed E-state index contributed by atoms with van der Waals surface area (Å²) in [6.07, 6.45) is 1.60. The van der Waals surface area contributed by atoms with Crippen molar-refractivity contribution < 1.29 is 9.18 Å². The summed E-state index contributed by atoms with van der Waals surface area (Å²) in [6, 6.07) is 6.74. The maximum Gasteiger partial charge on any atom is 0.223 e. The lowest BCUT2D eigenvalue weighted by atomic mass is 10.0. The second-order valence-corrected chi connectivity index (χ2v) is 5.70. The molecule has 0 aliphatic carbocycles. The summed E-state index contributed by atoms with van der Waals surface area (Å²) < 4.78 is 14.9. The lowest BCUT2D eigenvalue weighted by Gasteiger charge is -2.06. The van der Waals surface area contributed by atoms with Crippen molar-refractivity contribution in [3.63, 3.8) is 0 Å². The average molecular weight is 301 g/mol. The molecule has 0 saturated heterocycles. The third-order valence-electron chi connectivity index (χ3n) is 3.04. The zero-order valence-corrected chi connectivity index (χ0v) is 12.3. The molecule has 6 heteroatoms. The van der Waals surface area contributed by atoms with Gasteiger partial charge in [0.05, 0.1) is 16.6 Å². The number of thiazole rings is 1. The standard InChI is InChI=1S/C15H12FN3OS/c1-8-4-3-5-10(16)14(8)11-6-13-12(7-17-11)19-15(21-13)18-9(2)20/h3-7H,1-2H3,(H,18,19,20). The summed E-state index contributed by atoms with van der Waals surface area (Å²) in [7, 11) is 0. The lowest BCUT2D eigenvalue weighted by Crippen LogP contribution is -2.04. The highest BCUT2D eigenvalue weighted by Gasteiger charge is 2.12. The third-order valence-corrected chi connectivity index (χ3v) is 3.97. The number of rotatable bonds is 2. The van der Waals surface area contributed by atoms with Gasteiger partial charge in [-0.25, -0.2) is 9.37 Å². The van der Waals surface area contributed by atoms with E-state index in [2.05, 4.69) is 15.3 Å². The van der Waals surface area contributed by atoms with Crippen LogP contribution in [0.15, 0.2) is 30.5 Å². The van der Waals surface area contributed by atoms with Gasteiger partial charge in [-0.2, -0.15) is 0 Å². The lowest BCUT2D eigenvalue weighted by molar-refractivity contribution is -0.114. The molecule has 0 bridgehead atoms. The summed E-state index contributed by atoms with van der Waals surface area (Å²) in [4.78, 5) is 19.6. The molecular weight excluding hydrogens is 289 g/mol. The highest BCUT2D eigenvalue weighted by atomic mass is 32.1. The second-order valence-electron chi connectivity index (χ2n) is 4.67. The first-order valence-electron chi connectivity index (χ1n) is 6.34. The molecule has 0 spiro atoms. The molecule has 0 aliphatic rings. The zero-order chi connectivity index (χ0) is 15.0. The Morgan fingerprint density at radius 2 is 2.19 bits per heavy atom. The summed E-state index contributed by atoms with van der Waals surface area (Å²) in [5, 5.41) is 3.16. The van der Waals surface area contributed by atoms with Gasteiger partial charge in [-0.3, -0.25) is 9.78 Å². The first-order chi connectivity index (χ1) is 10.0. The number of hydrogen-bond donors (Lipinski definition) is 1. The number of fused-ring (bicyclic) bond motifs is 1. The molecule has 3 rings (SSSR count). The predicted octanol–water partition coefficient (Wildman–Crippen LogP) is 3.76. The number of amides is 1. The molecule has 0 aliphatic heterocycles. The minimum atomic E-state index is -0.298. The van der Waals surface area contributed by atoms with Gasteiger partial charge in [0.25, 0.3) is 0 Å². The number of carbonyl (C=O) groups excluding carboxylic acids is 1. The number of aromatic nitrogens is 2. The Balaban J connectivity index is 2.11. The van der Waals surface area contributed by atoms with Gasteiger partial charge in [0.15, 0.2) is 5.13 Å². The Morgan fingerprint density at radius 3 is 2.90 bits per heavy atom. The van der Waals surface area contributed by atoms with Crippen LogP contribution >= 0.6 is 11.3 Å². The quantitative estimate of drug-likeness (QED) is 0.784. The molecule has 0 unspecified atom stereocenters. The van der Waals surface area contributed by atoms with E-state index in [1.165, 1.54) is 24.3 Å². The van der Waals surface area contributed by atoms with Gasteiger partial charge >= 0.3 is 0 Å². The van der Waals surface area contributed by atoms with Crippen molar-refractivity contribution in [1.29, 1.82) is 0 Å². The van der Waals surface area contributed by atoms with Gasteiger partial charge in [-0.1, -0.05) is 23.5 Å². The first kappa shape index (κ1) is 13.6. The van der Waals surface area contributed by atoms with Gasteiger partial charge < -0.3 is 5.32 Å². The Morgan fingerprint density at radius 1 is 1.38 bits per heavy atom. The number of halogens is 1. The second kappa shape index (κ2) is 5.21. The number of benzene rings is 1. The molecule has 1 aromatic carbocycles. The van der Waals surface area contributed by atoms with E-state index < -0.39 is 0 Å². The van der Waals surface area contributed by atoms with Crippen LogP contribution in [-0.4, -0.2) is 15.9 Å². The average Bonchev–Trinajstić information content (AvgIpc) is 2.79. The summed E-state index contributed by atoms with van der Waals surface area (Å²) in [6.45, 7) is 3.28. The number of carbonyl (C=O) groups is 1. The highest BCUT2D eigenvalue weighted by molar-refractivity contribution is 7.22. The zero-order valence-electron chi connectivity index (χ0n) is 11.5. The number of nitrogens with one attached hydrogen (secondary N) is 1. The summed E-state index contributed by atoms with van der Waals surface area (Å²) >= 11 is 1.34. The van der Waals surface area contributed by atoms with Crippen molar-refractivity contribution in [2.45, 2.75) is 13.8 Å². The van der Waals surface area contributed by atoms with E-state index >= 15 is 0 Å². The van der Waals surface area contributed by atoms with Crippen LogP contribution in [0.3, 0.4) is 0 Å². The summed E-state index contributed by atoms with van der Waals surface area (Å²) in [5.74, 6) is -0.472. The van der Waals surface area contributed by atoms with Crippen LogP contribution in [0, 0.1) is 12.7 Å². The van der Waals surface area contributed by atoms with E-state index in [9.17, 15) is 9.18 Å². The predicted molar refractivity (Wildman–Crippen MR) is 81.8 cm³/mol. The molecule has 1 amide bonds. The topological polar surface area (TPSA) is 54.9 Å². The first-order valence-corrected chi connectivity index (χ1v) is 7.16. The molecule has 0 fully saturated rings. The van der Waals surface area contributed by atoms with E-state index in [1.807, 2.05) is 13.0 Å². The van der Waals surface area contributed by atoms with Crippen molar-refractivity contribution >= 4 is 32.6 Å². The third kappa shape index (κ3) is 2.62. The Hall–Kier alpha value is -2.34. The number of pyridine rings is 1. The Labute approximate surface area is 124 Å². The molecule has 0 atom stereocenters. The van der Waals surface area contributed by atoms with E-state index in [0.717, 1.165) is 10.3 Å². The van der Waals surface area contributed by atoms with Crippen molar-refractivity contribution in [1.82, 2.24) is 9.97 Å². The molecule has 2 aromatic heterocycles. The fraction of sp³-hybridized carbons (Fsp3) is 0.133. The van der Waals surface area contributed by atoms with Crippen LogP contribution in [0.1, 0.15) is 12.5 Å². The maximum atomic E-state index is 14.0. The van der Waals surface area contributed by atoms with Gasteiger partial charge in [0.1, 0.15) is 11.3 Å². The monoisotopic (exact) mass is 301 g/mol. The van der Waals surface area contributed by atoms with Crippen LogP contribution in [0.2, 0.25) is 0 Å². The van der Waals surface area contributed by atoms with E-state index in [0.29, 0.717) is 21.9 Å². The molecular formula is C15H12FN3OS. The Kier molecular flexibility index (Phi) is 3.39. The molecule has 3 aromatic rings. The molecule has 4 nitrogen and oxygen atoms in total. The molecule has 1 N–H and O–H groups in total. The fourth-order valence-corrected chi connectivity index (χ4v) is 3.05. The van der Waals surface area contributed by atoms with Crippen LogP contribution in [0.5, 0.6) is 0 Å². The molecule has 0 saturated carbocycles. The number of aryl methyl sites for hydroxylation is 1. The van der Waals surface area contributed by atoms with Gasteiger partial charge in [-0.15, -0.1) is 0 Å². The number of anilines is 1. The minimum absolute atomic E-state index is 0.174. The van der Waals surface area contributed by atoms with Crippen LogP contribution in [0.25, 0.3) is 21.5 Å². The van der Waals surface area contributed by atoms with E-state index in [-0.39, 0.29) is 11.7 Å². The summed E-state index contributed by atoms with van der Waals surface area (Å²) in [5.41, 5.74) is 2.57. The van der Waals surface area contributed by atoms with E-state index in [4.69, 9.17) is 0 Å². The number of hydrogen-bond acceptors (Lipinski definition) is 4. The SMILES string of the molecule is CC(=O)Nc1nc2cnc(-c3c(C)cccc3F)cc2s1. The van der Waals surface area contributed by atoms with Crippen molar-refractivity contribution in [2.75, 3.05) is 5.32 Å². The molecule has 21 heavy (non-hydrogen) atoms. The van der Waals surface area contributed by atoms with Gasteiger partial charge in [0.2, 0.25) is 5.91 Å². The van der Waals surface area contributed by atoms with Gasteiger partial charge in [0, 0.05) is 12.5 Å².